The van der Waals surface area contributed by atoms with E-state index in [9.17, 15) is 0 Å². The first-order chi connectivity index (χ1) is 6.88. The molecule has 2 rings (SSSR count). The first-order valence-electron chi connectivity index (χ1n) is 4.62. The minimum atomic E-state index is 0.606. The first kappa shape index (κ1) is 8.82. The van der Waals surface area contributed by atoms with Crippen molar-refractivity contribution < 1.29 is 4.74 Å². The maximum atomic E-state index is 5.59. The van der Waals surface area contributed by atoms with Crippen LogP contribution in [0.4, 0.5) is 0 Å². The Morgan fingerprint density at radius 1 is 1.14 bits per heavy atom. The van der Waals surface area contributed by atoms with Gasteiger partial charge in [-0.2, -0.15) is 0 Å². The molecule has 0 saturated carbocycles. The van der Waals surface area contributed by atoms with Gasteiger partial charge in [0.05, 0.1) is 0 Å². The Kier molecular flexibility index (Phi) is 2.50. The van der Waals surface area contributed by atoms with Crippen LogP contribution in [0.15, 0.2) is 55.1 Å². The van der Waals surface area contributed by atoms with Gasteiger partial charge in [0.15, 0.2) is 0 Å². The lowest BCUT2D eigenvalue weighted by molar-refractivity contribution is 0.362. The molecule has 1 aliphatic rings. The number of ether oxygens (including phenoxy) is 1. The number of hydrogen-bond acceptors (Lipinski definition) is 1. The summed E-state index contributed by atoms with van der Waals surface area (Å²) in [6.07, 6.45) is 7.92. The Hall–Kier alpha value is -1.76. The van der Waals surface area contributed by atoms with E-state index in [2.05, 4.69) is 6.58 Å². The van der Waals surface area contributed by atoms with Gasteiger partial charge in [-0.15, -0.1) is 0 Å². The molecule has 1 nitrogen and oxygen atoms in total. The van der Waals surface area contributed by atoms with Crippen molar-refractivity contribution in [2.75, 3.05) is 6.61 Å². The molecule has 0 radical (unpaired) electrons. The van der Waals surface area contributed by atoms with Gasteiger partial charge in [-0.1, -0.05) is 43.0 Å². The average molecular weight is 184 g/mol. The van der Waals surface area contributed by atoms with Gasteiger partial charge in [0.25, 0.3) is 0 Å². The topological polar surface area (TPSA) is 9.23 Å². The monoisotopic (exact) mass is 184 g/mol. The molecular formula is C13H12O. The predicted octanol–water partition coefficient (Wildman–Crippen LogP) is 3.20. The Labute approximate surface area is 84.0 Å². The molecule has 1 aliphatic heterocycles. The van der Waals surface area contributed by atoms with Crippen LogP contribution in [0.1, 0.15) is 5.56 Å². The second-order valence-corrected chi connectivity index (χ2v) is 3.12. The molecule has 0 bridgehead atoms. The smallest absolute Gasteiger partial charge is 0.127 e. The number of allylic oxidation sites excluding steroid dienone is 4. The van der Waals surface area contributed by atoms with Crippen LogP contribution in [0, 0.1) is 0 Å². The molecule has 0 atom stereocenters. The van der Waals surface area contributed by atoms with Gasteiger partial charge in [0, 0.05) is 5.56 Å². The zero-order valence-electron chi connectivity index (χ0n) is 7.94. The molecule has 0 saturated heterocycles. The highest BCUT2D eigenvalue weighted by Crippen LogP contribution is 2.26. The summed E-state index contributed by atoms with van der Waals surface area (Å²) in [5, 5.41) is 0. The molecule has 1 heteroatoms. The van der Waals surface area contributed by atoms with Gasteiger partial charge in [-0.05, 0) is 17.7 Å². The van der Waals surface area contributed by atoms with Gasteiger partial charge in [0.2, 0.25) is 0 Å². The van der Waals surface area contributed by atoms with Crippen LogP contribution in [0.25, 0.3) is 5.57 Å². The van der Waals surface area contributed by atoms with Gasteiger partial charge >= 0.3 is 0 Å². The fourth-order valence-corrected chi connectivity index (χ4v) is 1.39. The van der Waals surface area contributed by atoms with Crippen molar-refractivity contribution in [1.29, 1.82) is 0 Å². The van der Waals surface area contributed by atoms with Crippen molar-refractivity contribution in [2.24, 2.45) is 0 Å². The second-order valence-electron chi connectivity index (χ2n) is 3.12. The first-order valence-corrected chi connectivity index (χ1v) is 4.62. The lowest BCUT2D eigenvalue weighted by atomic mass is 10.1. The van der Waals surface area contributed by atoms with E-state index in [-0.39, 0.29) is 0 Å². The summed E-state index contributed by atoms with van der Waals surface area (Å²) in [6.45, 7) is 4.60. The molecule has 1 heterocycles. The summed E-state index contributed by atoms with van der Waals surface area (Å²) >= 11 is 0. The summed E-state index contributed by atoms with van der Waals surface area (Å²) < 4.78 is 5.59. The van der Waals surface area contributed by atoms with Crippen LogP contribution in [0.3, 0.4) is 0 Å². The Bertz CT molecular complexity index is 399. The van der Waals surface area contributed by atoms with Crippen LogP contribution in [-0.4, -0.2) is 6.61 Å². The van der Waals surface area contributed by atoms with E-state index in [1.54, 1.807) is 0 Å². The minimum absolute atomic E-state index is 0.606. The van der Waals surface area contributed by atoms with E-state index < -0.39 is 0 Å². The van der Waals surface area contributed by atoms with E-state index >= 15 is 0 Å². The maximum Gasteiger partial charge on any atom is 0.127 e. The molecule has 0 aliphatic carbocycles. The SMILES string of the molecule is C=C1/C=C\C=C/COc2ccccc21. The van der Waals surface area contributed by atoms with Crippen LogP contribution in [0.5, 0.6) is 5.75 Å². The van der Waals surface area contributed by atoms with E-state index in [1.165, 1.54) is 0 Å². The molecule has 0 aromatic heterocycles. The maximum absolute atomic E-state index is 5.59. The number of fused-ring (bicyclic) bond motifs is 1. The molecule has 0 unspecified atom stereocenters. The van der Waals surface area contributed by atoms with Gasteiger partial charge in [-0.3, -0.25) is 0 Å². The number of benzene rings is 1. The van der Waals surface area contributed by atoms with Crippen LogP contribution < -0.4 is 4.74 Å². The third-order valence-corrected chi connectivity index (χ3v) is 2.11. The third-order valence-electron chi connectivity index (χ3n) is 2.11. The highest BCUT2D eigenvalue weighted by atomic mass is 16.5. The third kappa shape index (κ3) is 1.77. The largest absolute Gasteiger partial charge is 0.489 e. The highest BCUT2D eigenvalue weighted by molar-refractivity contribution is 5.76. The number of para-hydroxylation sites is 1. The summed E-state index contributed by atoms with van der Waals surface area (Å²) in [4.78, 5) is 0. The van der Waals surface area contributed by atoms with Gasteiger partial charge in [-0.25, -0.2) is 0 Å². The Morgan fingerprint density at radius 3 is 2.93 bits per heavy atom. The van der Waals surface area contributed by atoms with E-state index in [1.807, 2.05) is 48.6 Å². The molecule has 0 spiro atoms. The van der Waals surface area contributed by atoms with Crippen molar-refractivity contribution in [3.05, 3.63) is 60.7 Å². The fraction of sp³-hybridized carbons (Fsp3) is 0.0769. The van der Waals surface area contributed by atoms with Crippen LogP contribution >= 0.6 is 0 Å². The summed E-state index contributed by atoms with van der Waals surface area (Å²) in [5.41, 5.74) is 2.04. The number of rotatable bonds is 0. The molecule has 0 fully saturated rings. The second kappa shape index (κ2) is 3.97. The summed E-state index contributed by atoms with van der Waals surface area (Å²) in [7, 11) is 0. The number of hydrogen-bond donors (Lipinski definition) is 0. The van der Waals surface area contributed by atoms with Crippen molar-refractivity contribution in [3.63, 3.8) is 0 Å². The standard InChI is InChI=1S/C13H12O/c1-11-7-3-2-6-10-14-13-9-5-4-8-12(11)13/h2-9H,1,10H2/b6-2-,7-3-. The zero-order chi connectivity index (χ0) is 9.80. The minimum Gasteiger partial charge on any atom is -0.489 e. The lowest BCUT2D eigenvalue weighted by Crippen LogP contribution is -1.95. The highest BCUT2D eigenvalue weighted by Gasteiger charge is 2.04. The summed E-state index contributed by atoms with van der Waals surface area (Å²) in [5.74, 6) is 0.897. The molecule has 1 aromatic rings. The Balaban J connectivity index is 2.45. The molecule has 1 aromatic carbocycles. The molecule has 70 valence electrons. The molecule has 0 amide bonds. The summed E-state index contributed by atoms with van der Waals surface area (Å²) in [6, 6.07) is 7.95. The predicted molar refractivity (Wildman–Crippen MR) is 59.3 cm³/mol. The van der Waals surface area contributed by atoms with Crippen molar-refractivity contribution >= 4 is 5.57 Å². The van der Waals surface area contributed by atoms with Crippen molar-refractivity contribution in [1.82, 2.24) is 0 Å². The van der Waals surface area contributed by atoms with Crippen LogP contribution in [0.2, 0.25) is 0 Å². The molecular weight excluding hydrogens is 172 g/mol. The van der Waals surface area contributed by atoms with Gasteiger partial charge < -0.3 is 4.74 Å². The van der Waals surface area contributed by atoms with Crippen molar-refractivity contribution in [2.45, 2.75) is 0 Å². The fourth-order valence-electron chi connectivity index (χ4n) is 1.39. The van der Waals surface area contributed by atoms with Crippen molar-refractivity contribution in [3.8, 4) is 5.75 Å². The van der Waals surface area contributed by atoms with Crippen LogP contribution in [-0.2, 0) is 0 Å². The average Bonchev–Trinajstić information content (AvgIpc) is 2.30. The van der Waals surface area contributed by atoms with E-state index in [0.29, 0.717) is 6.61 Å². The van der Waals surface area contributed by atoms with E-state index in [4.69, 9.17) is 4.74 Å². The quantitative estimate of drug-likeness (QED) is 0.601. The lowest BCUT2D eigenvalue weighted by Gasteiger charge is -2.08. The normalized spacial score (nSPS) is 19.6. The molecule has 14 heavy (non-hydrogen) atoms. The van der Waals surface area contributed by atoms with E-state index in [0.717, 1.165) is 16.9 Å². The molecule has 0 N–H and O–H groups in total. The van der Waals surface area contributed by atoms with Gasteiger partial charge in [0.1, 0.15) is 12.4 Å². The zero-order valence-corrected chi connectivity index (χ0v) is 7.94. The Morgan fingerprint density at radius 2 is 2.00 bits per heavy atom.